The number of amides is 1. The summed E-state index contributed by atoms with van der Waals surface area (Å²) in [5.41, 5.74) is 2.12. The second kappa shape index (κ2) is 4.18. The lowest BCUT2D eigenvalue weighted by molar-refractivity contribution is -0.116. The predicted molar refractivity (Wildman–Crippen MR) is 66.7 cm³/mol. The zero-order valence-electron chi connectivity index (χ0n) is 9.93. The Kier molecular flexibility index (Phi) is 2.51. The van der Waals surface area contributed by atoms with Crippen molar-refractivity contribution in [3.63, 3.8) is 0 Å². The SMILES string of the molecule is COc1ccc([C@@H]2CC(=O)Nc3[nH]ncc32)cc1. The Bertz CT molecular complexity index is 574. The smallest absolute Gasteiger partial charge is 0.226 e. The minimum atomic E-state index is 0.00701. The summed E-state index contributed by atoms with van der Waals surface area (Å²) in [6.45, 7) is 0. The maximum Gasteiger partial charge on any atom is 0.226 e. The number of aromatic nitrogens is 2. The Balaban J connectivity index is 1.99. The van der Waals surface area contributed by atoms with Crippen LogP contribution in [0.2, 0.25) is 0 Å². The first kappa shape index (κ1) is 10.8. The molecule has 1 aliphatic rings. The van der Waals surface area contributed by atoms with Crippen LogP contribution in [0.15, 0.2) is 30.5 Å². The summed E-state index contributed by atoms with van der Waals surface area (Å²) < 4.78 is 5.13. The van der Waals surface area contributed by atoms with Crippen LogP contribution in [0.4, 0.5) is 5.82 Å². The second-order valence-corrected chi connectivity index (χ2v) is 4.28. The first-order chi connectivity index (χ1) is 8.78. The monoisotopic (exact) mass is 243 g/mol. The molecule has 5 heteroatoms. The molecule has 0 fully saturated rings. The van der Waals surface area contributed by atoms with Crippen molar-refractivity contribution in [1.29, 1.82) is 0 Å². The fraction of sp³-hybridized carbons (Fsp3) is 0.231. The van der Waals surface area contributed by atoms with Crippen molar-refractivity contribution < 1.29 is 9.53 Å². The van der Waals surface area contributed by atoms with Gasteiger partial charge in [0.25, 0.3) is 0 Å². The molecule has 0 saturated carbocycles. The van der Waals surface area contributed by atoms with Crippen LogP contribution in [0.1, 0.15) is 23.5 Å². The molecule has 5 nitrogen and oxygen atoms in total. The van der Waals surface area contributed by atoms with Crippen LogP contribution in [-0.2, 0) is 4.79 Å². The summed E-state index contributed by atoms with van der Waals surface area (Å²) in [5.74, 6) is 1.57. The lowest BCUT2D eigenvalue weighted by atomic mass is 9.87. The first-order valence-electron chi connectivity index (χ1n) is 5.75. The molecule has 18 heavy (non-hydrogen) atoms. The van der Waals surface area contributed by atoms with Gasteiger partial charge in [0.2, 0.25) is 5.91 Å². The number of carbonyl (C=O) groups is 1. The molecule has 1 aliphatic heterocycles. The predicted octanol–water partition coefficient (Wildman–Crippen LogP) is 1.89. The maximum atomic E-state index is 11.6. The molecule has 92 valence electrons. The zero-order chi connectivity index (χ0) is 12.5. The van der Waals surface area contributed by atoms with E-state index >= 15 is 0 Å². The third kappa shape index (κ3) is 1.73. The van der Waals surface area contributed by atoms with Gasteiger partial charge in [-0.15, -0.1) is 0 Å². The van der Waals surface area contributed by atoms with Gasteiger partial charge in [-0.2, -0.15) is 5.10 Å². The molecule has 0 bridgehead atoms. The molecular weight excluding hydrogens is 230 g/mol. The number of benzene rings is 1. The first-order valence-corrected chi connectivity index (χ1v) is 5.75. The molecule has 1 aromatic carbocycles. The third-order valence-electron chi connectivity index (χ3n) is 3.22. The number of fused-ring (bicyclic) bond motifs is 1. The number of anilines is 1. The molecule has 1 atom stereocenters. The molecule has 0 aliphatic carbocycles. The number of rotatable bonds is 2. The number of methoxy groups -OCH3 is 1. The van der Waals surface area contributed by atoms with E-state index in [-0.39, 0.29) is 11.8 Å². The van der Waals surface area contributed by atoms with Crippen LogP contribution in [0.5, 0.6) is 5.75 Å². The third-order valence-corrected chi connectivity index (χ3v) is 3.22. The molecule has 2 N–H and O–H groups in total. The second-order valence-electron chi connectivity index (χ2n) is 4.28. The Morgan fingerprint density at radius 3 is 2.83 bits per heavy atom. The lowest BCUT2D eigenvalue weighted by Crippen LogP contribution is -2.22. The summed E-state index contributed by atoms with van der Waals surface area (Å²) >= 11 is 0. The van der Waals surface area contributed by atoms with Crippen LogP contribution < -0.4 is 10.1 Å². The van der Waals surface area contributed by atoms with Crippen molar-refractivity contribution in [3.05, 3.63) is 41.6 Å². The highest BCUT2D eigenvalue weighted by Gasteiger charge is 2.27. The number of H-pyrrole nitrogens is 1. The summed E-state index contributed by atoms with van der Waals surface area (Å²) in [6.07, 6.45) is 2.21. The molecule has 1 aromatic heterocycles. The van der Waals surface area contributed by atoms with Crippen molar-refractivity contribution in [2.45, 2.75) is 12.3 Å². The number of nitrogens with zero attached hydrogens (tertiary/aromatic N) is 1. The van der Waals surface area contributed by atoms with Crippen LogP contribution in [-0.4, -0.2) is 23.2 Å². The molecule has 3 rings (SSSR count). The Labute approximate surface area is 104 Å². The van der Waals surface area contributed by atoms with Crippen molar-refractivity contribution in [3.8, 4) is 5.75 Å². The number of hydrogen-bond donors (Lipinski definition) is 2. The molecule has 1 amide bonds. The van der Waals surface area contributed by atoms with Gasteiger partial charge in [0.1, 0.15) is 11.6 Å². The van der Waals surface area contributed by atoms with E-state index in [1.807, 2.05) is 24.3 Å². The molecule has 0 saturated heterocycles. The highest BCUT2D eigenvalue weighted by atomic mass is 16.5. The zero-order valence-corrected chi connectivity index (χ0v) is 9.93. The Hall–Kier alpha value is -2.30. The number of hydrogen-bond acceptors (Lipinski definition) is 3. The van der Waals surface area contributed by atoms with E-state index in [1.54, 1.807) is 13.3 Å². The Morgan fingerprint density at radius 2 is 2.11 bits per heavy atom. The van der Waals surface area contributed by atoms with E-state index in [1.165, 1.54) is 0 Å². The summed E-state index contributed by atoms with van der Waals surface area (Å²) in [6, 6.07) is 7.78. The molecule has 0 radical (unpaired) electrons. The average molecular weight is 243 g/mol. The maximum absolute atomic E-state index is 11.6. The highest BCUT2D eigenvalue weighted by Crippen LogP contribution is 2.36. The molecule has 0 spiro atoms. The number of ether oxygens (including phenoxy) is 1. The largest absolute Gasteiger partial charge is 0.497 e. The van der Waals surface area contributed by atoms with Gasteiger partial charge in [-0.05, 0) is 17.7 Å². The minimum absolute atomic E-state index is 0.00701. The summed E-state index contributed by atoms with van der Waals surface area (Å²) in [5, 5.41) is 9.57. The minimum Gasteiger partial charge on any atom is -0.497 e. The fourth-order valence-corrected chi connectivity index (χ4v) is 2.28. The standard InChI is InChI=1S/C13H13N3O2/c1-18-9-4-2-8(3-5-9)10-6-12(17)15-13-11(10)7-14-16-13/h2-5,7,10H,6H2,1H3,(H2,14,15,16,17)/t10-/m0/s1. The van der Waals surface area contributed by atoms with Gasteiger partial charge in [-0.1, -0.05) is 12.1 Å². The summed E-state index contributed by atoms with van der Waals surface area (Å²) in [7, 11) is 1.64. The van der Waals surface area contributed by atoms with Gasteiger partial charge >= 0.3 is 0 Å². The van der Waals surface area contributed by atoms with E-state index in [9.17, 15) is 4.79 Å². The van der Waals surface area contributed by atoms with E-state index in [2.05, 4.69) is 15.5 Å². The van der Waals surface area contributed by atoms with Crippen LogP contribution in [0.25, 0.3) is 0 Å². The summed E-state index contributed by atoms with van der Waals surface area (Å²) in [4.78, 5) is 11.6. The van der Waals surface area contributed by atoms with Crippen LogP contribution in [0.3, 0.4) is 0 Å². The van der Waals surface area contributed by atoms with Gasteiger partial charge in [0.05, 0.1) is 13.3 Å². The van der Waals surface area contributed by atoms with E-state index in [0.29, 0.717) is 12.2 Å². The lowest BCUT2D eigenvalue weighted by Gasteiger charge is -2.22. The number of nitrogens with one attached hydrogen (secondary N) is 2. The highest BCUT2D eigenvalue weighted by molar-refractivity contribution is 5.94. The van der Waals surface area contributed by atoms with E-state index in [0.717, 1.165) is 16.9 Å². The van der Waals surface area contributed by atoms with Gasteiger partial charge < -0.3 is 10.1 Å². The quantitative estimate of drug-likeness (QED) is 0.846. The molecule has 2 aromatic rings. The normalized spacial score (nSPS) is 18.1. The van der Waals surface area contributed by atoms with Crippen molar-refractivity contribution in [1.82, 2.24) is 10.2 Å². The number of carbonyl (C=O) groups excluding carboxylic acids is 1. The van der Waals surface area contributed by atoms with E-state index in [4.69, 9.17) is 4.74 Å². The van der Waals surface area contributed by atoms with Gasteiger partial charge in [0, 0.05) is 17.9 Å². The van der Waals surface area contributed by atoms with Crippen molar-refractivity contribution >= 4 is 11.7 Å². The van der Waals surface area contributed by atoms with Gasteiger partial charge in [0.15, 0.2) is 0 Å². The molecule has 0 unspecified atom stereocenters. The van der Waals surface area contributed by atoms with E-state index < -0.39 is 0 Å². The average Bonchev–Trinajstić information content (AvgIpc) is 2.86. The van der Waals surface area contributed by atoms with Gasteiger partial charge in [-0.3, -0.25) is 9.89 Å². The van der Waals surface area contributed by atoms with Gasteiger partial charge in [-0.25, -0.2) is 0 Å². The number of aromatic amines is 1. The topological polar surface area (TPSA) is 67.0 Å². The molecule has 2 heterocycles. The Morgan fingerprint density at radius 1 is 1.33 bits per heavy atom. The van der Waals surface area contributed by atoms with Crippen LogP contribution >= 0.6 is 0 Å². The van der Waals surface area contributed by atoms with Crippen molar-refractivity contribution in [2.24, 2.45) is 0 Å². The van der Waals surface area contributed by atoms with Crippen molar-refractivity contribution in [2.75, 3.05) is 12.4 Å². The van der Waals surface area contributed by atoms with Crippen LogP contribution in [0, 0.1) is 0 Å². The molecular formula is C13H13N3O2. The fourth-order valence-electron chi connectivity index (χ4n) is 2.28.